The molecule has 0 amide bonds. The fourth-order valence-electron chi connectivity index (χ4n) is 2.94. The third-order valence-corrected chi connectivity index (χ3v) is 4.79. The molecule has 0 N–H and O–H groups in total. The summed E-state index contributed by atoms with van der Waals surface area (Å²) in [5.41, 5.74) is 5.74. The zero-order chi connectivity index (χ0) is 18.6. The van der Waals surface area contributed by atoms with Gasteiger partial charge in [-0.15, -0.1) is 0 Å². The predicted octanol–water partition coefficient (Wildman–Crippen LogP) is 6.71. The molecule has 1 aromatic heterocycles. The number of halogens is 2. The Labute approximate surface area is 168 Å². The van der Waals surface area contributed by atoms with Crippen molar-refractivity contribution in [3.63, 3.8) is 0 Å². The molecule has 0 saturated heterocycles. The van der Waals surface area contributed by atoms with Gasteiger partial charge in [-0.1, -0.05) is 77.8 Å². The molecule has 0 unspecified atom stereocenters. The van der Waals surface area contributed by atoms with Crippen LogP contribution in [0.1, 0.15) is 11.3 Å². The lowest BCUT2D eigenvalue weighted by molar-refractivity contribution is 1.04. The molecular weight excluding hydrogens is 375 g/mol. The van der Waals surface area contributed by atoms with Crippen LogP contribution in [-0.2, 0) is 6.42 Å². The molecule has 0 aliphatic rings. The molecule has 0 spiro atoms. The van der Waals surface area contributed by atoms with E-state index in [0.717, 1.165) is 34.6 Å². The summed E-state index contributed by atoms with van der Waals surface area (Å²) in [6.07, 6.45) is 2.58. The minimum Gasteiger partial charge on any atom is -0.252 e. The van der Waals surface area contributed by atoms with Crippen LogP contribution in [0.4, 0.5) is 0 Å². The minimum absolute atomic E-state index is 0.695. The molecule has 1 heterocycles. The maximum Gasteiger partial charge on any atom is 0.0968 e. The molecule has 4 heteroatoms. The van der Waals surface area contributed by atoms with Gasteiger partial charge < -0.3 is 0 Å². The molecule has 0 bridgehead atoms. The number of rotatable bonds is 4. The van der Waals surface area contributed by atoms with Gasteiger partial charge >= 0.3 is 0 Å². The summed E-state index contributed by atoms with van der Waals surface area (Å²) in [6.45, 7) is 0. The van der Waals surface area contributed by atoms with Crippen molar-refractivity contribution in [3.8, 4) is 22.5 Å². The van der Waals surface area contributed by atoms with Crippen LogP contribution in [0.25, 0.3) is 22.5 Å². The highest BCUT2D eigenvalue weighted by atomic mass is 35.5. The molecule has 0 saturated carbocycles. The van der Waals surface area contributed by atoms with Gasteiger partial charge in [-0.3, -0.25) is 4.98 Å². The average molecular weight is 391 g/mol. The topological polar surface area (TPSA) is 25.8 Å². The van der Waals surface area contributed by atoms with Gasteiger partial charge in [0.05, 0.1) is 17.1 Å². The van der Waals surface area contributed by atoms with E-state index in [2.05, 4.69) is 12.1 Å². The maximum absolute atomic E-state index is 6.06. The lowest BCUT2D eigenvalue weighted by atomic mass is 10.0. The average Bonchev–Trinajstić information content (AvgIpc) is 2.70. The molecule has 0 radical (unpaired) electrons. The van der Waals surface area contributed by atoms with Gasteiger partial charge in [0.1, 0.15) is 0 Å². The highest BCUT2D eigenvalue weighted by Crippen LogP contribution is 2.30. The molecule has 0 fully saturated rings. The first-order valence-corrected chi connectivity index (χ1v) is 9.36. The van der Waals surface area contributed by atoms with Crippen molar-refractivity contribution in [2.75, 3.05) is 0 Å². The molecule has 3 aromatic carbocycles. The van der Waals surface area contributed by atoms with E-state index in [1.165, 1.54) is 5.56 Å². The summed E-state index contributed by atoms with van der Waals surface area (Å²) in [5.74, 6) is 0. The van der Waals surface area contributed by atoms with Crippen molar-refractivity contribution in [2.24, 2.45) is 0 Å². The van der Waals surface area contributed by atoms with Gasteiger partial charge in [0.15, 0.2) is 0 Å². The van der Waals surface area contributed by atoms with Crippen LogP contribution in [0.5, 0.6) is 0 Å². The number of aromatic nitrogens is 2. The second-order valence-corrected chi connectivity index (χ2v) is 7.11. The van der Waals surface area contributed by atoms with E-state index in [-0.39, 0.29) is 0 Å². The Kier molecular flexibility index (Phi) is 5.19. The van der Waals surface area contributed by atoms with E-state index in [9.17, 15) is 0 Å². The molecule has 0 aliphatic carbocycles. The van der Waals surface area contributed by atoms with E-state index in [4.69, 9.17) is 33.2 Å². The van der Waals surface area contributed by atoms with Gasteiger partial charge in [-0.25, -0.2) is 4.98 Å². The van der Waals surface area contributed by atoms with Gasteiger partial charge in [-0.05, 0) is 29.8 Å². The number of nitrogens with zero attached hydrogens (tertiary/aromatic N) is 2. The third-order valence-electron chi connectivity index (χ3n) is 4.29. The van der Waals surface area contributed by atoms with Crippen LogP contribution < -0.4 is 0 Å². The van der Waals surface area contributed by atoms with Crippen molar-refractivity contribution in [3.05, 3.63) is 106 Å². The Morgan fingerprint density at radius 2 is 1.19 bits per heavy atom. The summed E-state index contributed by atoms with van der Waals surface area (Å²) in [5, 5.41) is 1.39. The SMILES string of the molecule is Clc1ccc(-c2ncc(Cc3ccccc3)nc2-c2ccc(Cl)cc2)cc1. The number of benzene rings is 3. The molecular formula is C23H16Cl2N2. The molecule has 2 nitrogen and oxygen atoms in total. The second kappa shape index (κ2) is 7.91. The second-order valence-electron chi connectivity index (χ2n) is 6.23. The van der Waals surface area contributed by atoms with Crippen molar-refractivity contribution in [1.29, 1.82) is 0 Å². The maximum atomic E-state index is 6.06. The monoisotopic (exact) mass is 390 g/mol. The summed E-state index contributed by atoms with van der Waals surface area (Å²) < 4.78 is 0. The van der Waals surface area contributed by atoms with Crippen molar-refractivity contribution < 1.29 is 0 Å². The Morgan fingerprint density at radius 1 is 0.630 bits per heavy atom. The van der Waals surface area contributed by atoms with Crippen LogP contribution in [-0.4, -0.2) is 9.97 Å². The molecule has 132 valence electrons. The zero-order valence-corrected chi connectivity index (χ0v) is 16.0. The van der Waals surface area contributed by atoms with E-state index in [0.29, 0.717) is 10.0 Å². The minimum atomic E-state index is 0.695. The Balaban J connectivity index is 1.80. The summed E-state index contributed by atoms with van der Waals surface area (Å²) >= 11 is 12.1. The van der Waals surface area contributed by atoms with Crippen molar-refractivity contribution in [1.82, 2.24) is 9.97 Å². The summed E-state index contributed by atoms with van der Waals surface area (Å²) in [6, 6.07) is 25.6. The normalized spacial score (nSPS) is 10.7. The first-order chi connectivity index (χ1) is 13.2. The van der Waals surface area contributed by atoms with E-state index in [1.807, 2.05) is 72.9 Å². The Hall–Kier alpha value is -2.68. The van der Waals surface area contributed by atoms with Crippen LogP contribution in [0.3, 0.4) is 0 Å². The Bertz CT molecular complexity index is 1040. The van der Waals surface area contributed by atoms with Crippen LogP contribution >= 0.6 is 23.2 Å². The smallest absolute Gasteiger partial charge is 0.0968 e. The number of hydrogen-bond donors (Lipinski definition) is 0. The highest BCUT2D eigenvalue weighted by molar-refractivity contribution is 6.31. The predicted molar refractivity (Wildman–Crippen MR) is 112 cm³/mol. The largest absolute Gasteiger partial charge is 0.252 e. The fourth-order valence-corrected chi connectivity index (χ4v) is 3.20. The summed E-state index contributed by atoms with van der Waals surface area (Å²) in [4.78, 5) is 9.66. The first kappa shape index (κ1) is 17.7. The van der Waals surface area contributed by atoms with Crippen LogP contribution in [0.15, 0.2) is 85.1 Å². The first-order valence-electron chi connectivity index (χ1n) is 8.61. The van der Waals surface area contributed by atoms with Gasteiger partial charge in [-0.2, -0.15) is 0 Å². The molecule has 4 rings (SSSR count). The lowest BCUT2D eigenvalue weighted by Crippen LogP contribution is -1.99. The quantitative estimate of drug-likeness (QED) is 0.386. The number of hydrogen-bond acceptors (Lipinski definition) is 2. The Morgan fingerprint density at radius 3 is 1.78 bits per heavy atom. The highest BCUT2D eigenvalue weighted by Gasteiger charge is 2.13. The van der Waals surface area contributed by atoms with E-state index in [1.54, 1.807) is 0 Å². The molecule has 4 aromatic rings. The van der Waals surface area contributed by atoms with Crippen LogP contribution in [0, 0.1) is 0 Å². The molecule has 27 heavy (non-hydrogen) atoms. The van der Waals surface area contributed by atoms with Crippen molar-refractivity contribution in [2.45, 2.75) is 6.42 Å². The van der Waals surface area contributed by atoms with Gasteiger partial charge in [0.2, 0.25) is 0 Å². The summed E-state index contributed by atoms with van der Waals surface area (Å²) in [7, 11) is 0. The molecule has 0 atom stereocenters. The van der Waals surface area contributed by atoms with Crippen molar-refractivity contribution >= 4 is 23.2 Å². The van der Waals surface area contributed by atoms with E-state index < -0.39 is 0 Å². The lowest BCUT2D eigenvalue weighted by Gasteiger charge is -2.11. The fraction of sp³-hybridized carbons (Fsp3) is 0.0435. The van der Waals surface area contributed by atoms with Gasteiger partial charge in [0.25, 0.3) is 0 Å². The van der Waals surface area contributed by atoms with Gasteiger partial charge in [0, 0.05) is 33.8 Å². The van der Waals surface area contributed by atoms with Crippen LogP contribution in [0.2, 0.25) is 10.0 Å². The van der Waals surface area contributed by atoms with E-state index >= 15 is 0 Å². The third kappa shape index (κ3) is 4.19. The molecule has 0 aliphatic heterocycles. The standard InChI is InChI=1S/C23H16Cl2N2/c24-19-10-6-17(7-11-19)22-23(18-8-12-20(25)13-9-18)27-21(15-26-22)14-16-4-2-1-3-5-16/h1-13,15H,14H2. The zero-order valence-electron chi connectivity index (χ0n) is 14.4.